The average molecular weight is 187 g/mol. The fraction of sp³-hybridized carbons (Fsp3) is 0.889. The minimum atomic E-state index is -0.730. The van der Waals surface area contributed by atoms with Crippen LogP contribution in [0.5, 0.6) is 0 Å². The van der Waals surface area contributed by atoms with Crippen molar-refractivity contribution in [1.82, 2.24) is 4.90 Å². The van der Waals surface area contributed by atoms with Crippen LogP contribution in [0.4, 0.5) is 0 Å². The van der Waals surface area contributed by atoms with E-state index in [0.717, 1.165) is 13.2 Å². The molecular formula is C9H17NO3. The van der Waals surface area contributed by atoms with Crippen LogP contribution in [-0.4, -0.2) is 48.3 Å². The Bertz CT molecular complexity index is 174. The summed E-state index contributed by atoms with van der Waals surface area (Å²) in [7, 11) is 2.02. The van der Waals surface area contributed by atoms with Crippen LogP contribution in [0.1, 0.15) is 19.8 Å². The lowest BCUT2D eigenvalue weighted by atomic mass is 10.0. The molecule has 0 aliphatic carbocycles. The van der Waals surface area contributed by atoms with E-state index in [1.165, 1.54) is 0 Å². The molecule has 1 heterocycles. The number of hydrogen-bond donors (Lipinski definition) is 1. The maximum atomic E-state index is 10.4. The zero-order valence-corrected chi connectivity index (χ0v) is 8.19. The molecule has 0 amide bonds. The van der Waals surface area contributed by atoms with E-state index in [1.54, 1.807) is 0 Å². The first-order valence-corrected chi connectivity index (χ1v) is 4.65. The summed E-state index contributed by atoms with van der Waals surface area (Å²) in [6.07, 6.45) is 1.05. The predicted octanol–water partition coefficient (Wildman–Crippen LogP) is 0.570. The Kier molecular flexibility index (Phi) is 3.69. The van der Waals surface area contributed by atoms with Crippen LogP contribution < -0.4 is 0 Å². The summed E-state index contributed by atoms with van der Waals surface area (Å²) in [6, 6.07) is 0.254. The Morgan fingerprint density at radius 1 is 1.69 bits per heavy atom. The highest BCUT2D eigenvalue weighted by Crippen LogP contribution is 2.16. The second-order valence-corrected chi connectivity index (χ2v) is 3.56. The molecule has 1 fully saturated rings. The SMILES string of the molecule is C[C@@H]1OCCN(C)[C@H]1CCC(=O)O. The number of aliphatic carboxylic acids is 1. The van der Waals surface area contributed by atoms with Gasteiger partial charge in [-0.15, -0.1) is 0 Å². The van der Waals surface area contributed by atoms with Crippen molar-refractivity contribution in [2.75, 3.05) is 20.2 Å². The lowest BCUT2D eigenvalue weighted by Gasteiger charge is -2.37. The Hall–Kier alpha value is -0.610. The zero-order valence-electron chi connectivity index (χ0n) is 8.19. The van der Waals surface area contributed by atoms with E-state index >= 15 is 0 Å². The van der Waals surface area contributed by atoms with Gasteiger partial charge in [0, 0.05) is 19.0 Å². The van der Waals surface area contributed by atoms with Crippen LogP contribution in [0.3, 0.4) is 0 Å². The molecule has 76 valence electrons. The van der Waals surface area contributed by atoms with Crippen LogP contribution in [0.2, 0.25) is 0 Å². The fourth-order valence-electron chi connectivity index (χ4n) is 1.74. The van der Waals surface area contributed by atoms with Crippen molar-refractivity contribution in [3.8, 4) is 0 Å². The maximum Gasteiger partial charge on any atom is 0.303 e. The molecule has 1 aliphatic rings. The maximum absolute atomic E-state index is 10.4. The third kappa shape index (κ3) is 2.97. The monoisotopic (exact) mass is 187 g/mol. The number of carbonyl (C=O) groups is 1. The molecule has 0 unspecified atom stereocenters. The van der Waals surface area contributed by atoms with Gasteiger partial charge < -0.3 is 9.84 Å². The number of carboxylic acids is 1. The number of nitrogens with zero attached hydrogens (tertiary/aromatic N) is 1. The molecule has 0 saturated carbocycles. The molecular weight excluding hydrogens is 170 g/mol. The van der Waals surface area contributed by atoms with Crippen molar-refractivity contribution in [3.63, 3.8) is 0 Å². The molecule has 4 heteroatoms. The van der Waals surface area contributed by atoms with Gasteiger partial charge in [0.2, 0.25) is 0 Å². The van der Waals surface area contributed by atoms with Gasteiger partial charge in [0.05, 0.1) is 12.7 Å². The molecule has 13 heavy (non-hydrogen) atoms. The largest absolute Gasteiger partial charge is 0.481 e. The van der Waals surface area contributed by atoms with E-state index in [4.69, 9.17) is 9.84 Å². The zero-order chi connectivity index (χ0) is 9.84. The first-order chi connectivity index (χ1) is 6.11. The van der Waals surface area contributed by atoms with Crippen molar-refractivity contribution in [3.05, 3.63) is 0 Å². The Labute approximate surface area is 78.5 Å². The minimum Gasteiger partial charge on any atom is -0.481 e. The predicted molar refractivity (Wildman–Crippen MR) is 48.7 cm³/mol. The van der Waals surface area contributed by atoms with Crippen LogP contribution >= 0.6 is 0 Å². The van der Waals surface area contributed by atoms with Gasteiger partial charge in [-0.25, -0.2) is 0 Å². The Morgan fingerprint density at radius 3 is 2.92 bits per heavy atom. The second-order valence-electron chi connectivity index (χ2n) is 3.56. The summed E-state index contributed by atoms with van der Waals surface area (Å²) < 4.78 is 5.46. The van der Waals surface area contributed by atoms with E-state index in [1.807, 2.05) is 14.0 Å². The van der Waals surface area contributed by atoms with Crippen molar-refractivity contribution in [2.24, 2.45) is 0 Å². The molecule has 1 rings (SSSR count). The number of morpholine rings is 1. The summed E-state index contributed by atoms with van der Waals surface area (Å²) in [5, 5.41) is 8.56. The van der Waals surface area contributed by atoms with Crippen LogP contribution in [0.25, 0.3) is 0 Å². The van der Waals surface area contributed by atoms with E-state index < -0.39 is 5.97 Å². The van der Waals surface area contributed by atoms with Crippen molar-refractivity contribution < 1.29 is 14.6 Å². The van der Waals surface area contributed by atoms with Gasteiger partial charge in [0.1, 0.15) is 0 Å². The summed E-state index contributed by atoms with van der Waals surface area (Å²) in [5.74, 6) is -0.730. The molecule has 1 N–H and O–H groups in total. The summed E-state index contributed by atoms with van der Waals surface area (Å²) in [6.45, 7) is 3.65. The first kappa shape index (κ1) is 10.5. The number of rotatable bonds is 3. The van der Waals surface area contributed by atoms with E-state index in [2.05, 4.69) is 4.90 Å². The highest BCUT2D eigenvalue weighted by molar-refractivity contribution is 5.66. The number of hydrogen-bond acceptors (Lipinski definition) is 3. The van der Waals surface area contributed by atoms with Gasteiger partial charge in [0.25, 0.3) is 0 Å². The number of ether oxygens (including phenoxy) is 1. The van der Waals surface area contributed by atoms with Gasteiger partial charge in [-0.05, 0) is 20.4 Å². The van der Waals surface area contributed by atoms with E-state index in [9.17, 15) is 4.79 Å². The van der Waals surface area contributed by atoms with Gasteiger partial charge >= 0.3 is 5.97 Å². The van der Waals surface area contributed by atoms with Crippen molar-refractivity contribution in [2.45, 2.75) is 31.9 Å². The Morgan fingerprint density at radius 2 is 2.38 bits per heavy atom. The average Bonchev–Trinajstić information content (AvgIpc) is 2.03. The van der Waals surface area contributed by atoms with Crippen molar-refractivity contribution >= 4 is 5.97 Å². The van der Waals surface area contributed by atoms with Crippen LogP contribution in [0, 0.1) is 0 Å². The molecule has 0 aromatic carbocycles. The molecule has 0 bridgehead atoms. The van der Waals surface area contributed by atoms with E-state index in [-0.39, 0.29) is 18.6 Å². The third-order valence-corrected chi connectivity index (χ3v) is 2.59. The highest BCUT2D eigenvalue weighted by Gasteiger charge is 2.26. The normalized spacial score (nSPS) is 30.3. The van der Waals surface area contributed by atoms with Gasteiger partial charge in [0.15, 0.2) is 0 Å². The molecule has 0 spiro atoms. The van der Waals surface area contributed by atoms with Crippen LogP contribution in [0.15, 0.2) is 0 Å². The standard InChI is InChI=1S/C9H17NO3/c1-7-8(3-4-9(11)12)10(2)5-6-13-7/h7-8H,3-6H2,1-2H3,(H,11,12)/t7-,8-/m0/s1. The minimum absolute atomic E-state index is 0.151. The van der Waals surface area contributed by atoms with E-state index in [0.29, 0.717) is 6.42 Å². The second kappa shape index (κ2) is 4.58. The lowest BCUT2D eigenvalue weighted by molar-refractivity contribution is -0.138. The van der Waals surface area contributed by atoms with Gasteiger partial charge in [-0.1, -0.05) is 0 Å². The summed E-state index contributed by atoms with van der Waals surface area (Å²) >= 11 is 0. The number of carboxylic acid groups (broad SMARTS) is 1. The molecule has 2 atom stereocenters. The summed E-state index contributed by atoms with van der Waals surface area (Å²) in [4.78, 5) is 12.6. The van der Waals surface area contributed by atoms with Gasteiger partial charge in [-0.2, -0.15) is 0 Å². The fourth-order valence-corrected chi connectivity index (χ4v) is 1.74. The molecule has 1 saturated heterocycles. The highest BCUT2D eigenvalue weighted by atomic mass is 16.5. The van der Waals surface area contributed by atoms with Gasteiger partial charge in [-0.3, -0.25) is 9.69 Å². The number of likely N-dealkylation sites (N-methyl/N-ethyl adjacent to an activating group) is 1. The third-order valence-electron chi connectivity index (χ3n) is 2.59. The quantitative estimate of drug-likeness (QED) is 0.701. The smallest absolute Gasteiger partial charge is 0.303 e. The van der Waals surface area contributed by atoms with Crippen molar-refractivity contribution in [1.29, 1.82) is 0 Å². The molecule has 0 aromatic heterocycles. The Balaban J connectivity index is 2.39. The molecule has 0 radical (unpaired) electrons. The van der Waals surface area contributed by atoms with Crippen LogP contribution in [-0.2, 0) is 9.53 Å². The lowest BCUT2D eigenvalue weighted by Crippen LogP contribution is -2.48. The topological polar surface area (TPSA) is 49.8 Å². The molecule has 4 nitrogen and oxygen atoms in total. The molecule has 0 aromatic rings. The summed E-state index contributed by atoms with van der Waals surface area (Å²) in [5.41, 5.74) is 0. The first-order valence-electron chi connectivity index (χ1n) is 4.65. The molecule has 1 aliphatic heterocycles.